The first-order chi connectivity index (χ1) is 10.2. The normalized spacial score (nSPS) is 16.0. The van der Waals surface area contributed by atoms with Crippen LogP contribution < -0.4 is 10.1 Å². The molecule has 1 saturated heterocycles. The molecule has 0 unspecified atom stereocenters. The predicted octanol–water partition coefficient (Wildman–Crippen LogP) is 2.41. The largest absolute Gasteiger partial charge is 0.474 e. The first kappa shape index (κ1) is 13.7. The second-order valence-electron chi connectivity index (χ2n) is 4.93. The highest BCUT2D eigenvalue weighted by Crippen LogP contribution is 2.33. The van der Waals surface area contributed by atoms with Crippen molar-refractivity contribution < 1.29 is 14.1 Å². The van der Waals surface area contributed by atoms with Gasteiger partial charge in [-0.2, -0.15) is 0 Å². The minimum Gasteiger partial charge on any atom is -0.474 e. The molecule has 0 radical (unpaired) electrons. The van der Waals surface area contributed by atoms with Gasteiger partial charge in [0, 0.05) is 12.3 Å². The van der Waals surface area contributed by atoms with E-state index < -0.39 is 10.7 Å². The minimum atomic E-state index is -0.562. The highest BCUT2D eigenvalue weighted by Gasteiger charge is 2.21. The highest BCUT2D eigenvalue weighted by atomic mass is 19.1. The van der Waals surface area contributed by atoms with Crippen LogP contribution in [0.1, 0.15) is 12.8 Å². The summed E-state index contributed by atoms with van der Waals surface area (Å²) >= 11 is 0. The Morgan fingerprint density at radius 3 is 2.81 bits per heavy atom. The molecular formula is C14H14FN3O3. The Morgan fingerprint density at radius 2 is 2.10 bits per heavy atom. The molecule has 21 heavy (non-hydrogen) atoms. The molecule has 0 bridgehead atoms. The van der Waals surface area contributed by atoms with Gasteiger partial charge in [-0.05, 0) is 38.1 Å². The van der Waals surface area contributed by atoms with Crippen molar-refractivity contribution in [1.29, 1.82) is 0 Å². The fourth-order valence-electron chi connectivity index (χ4n) is 2.53. The summed E-state index contributed by atoms with van der Waals surface area (Å²) in [6, 6.07) is 3.68. The monoisotopic (exact) mass is 291 g/mol. The van der Waals surface area contributed by atoms with Gasteiger partial charge in [0.1, 0.15) is 11.9 Å². The van der Waals surface area contributed by atoms with E-state index in [0.29, 0.717) is 0 Å². The zero-order chi connectivity index (χ0) is 14.8. The molecular weight excluding hydrogens is 277 g/mol. The van der Waals surface area contributed by atoms with Gasteiger partial charge in [0.05, 0.1) is 15.7 Å². The van der Waals surface area contributed by atoms with E-state index in [1.807, 2.05) is 0 Å². The third-order valence-corrected chi connectivity index (χ3v) is 3.58. The SMILES string of the molecule is O=[N+]([O-])c1ccc(F)c2c(OC3CCNCC3)nccc12. The Hall–Kier alpha value is -2.28. The number of pyridine rings is 1. The first-order valence-electron chi connectivity index (χ1n) is 6.76. The van der Waals surface area contributed by atoms with Gasteiger partial charge in [0.15, 0.2) is 0 Å². The van der Waals surface area contributed by atoms with Crippen molar-refractivity contribution in [3.8, 4) is 5.88 Å². The maximum Gasteiger partial charge on any atom is 0.277 e. The van der Waals surface area contributed by atoms with E-state index in [1.165, 1.54) is 12.3 Å². The smallest absolute Gasteiger partial charge is 0.277 e. The highest BCUT2D eigenvalue weighted by molar-refractivity contribution is 5.94. The summed E-state index contributed by atoms with van der Waals surface area (Å²) in [4.78, 5) is 14.6. The molecule has 2 heterocycles. The van der Waals surface area contributed by atoms with Crippen molar-refractivity contribution in [2.45, 2.75) is 18.9 Å². The van der Waals surface area contributed by atoms with Gasteiger partial charge in [-0.25, -0.2) is 9.37 Å². The maximum absolute atomic E-state index is 14.1. The first-order valence-corrected chi connectivity index (χ1v) is 6.76. The Morgan fingerprint density at radius 1 is 1.33 bits per heavy atom. The molecule has 0 saturated carbocycles. The quantitative estimate of drug-likeness (QED) is 0.694. The fraction of sp³-hybridized carbons (Fsp3) is 0.357. The summed E-state index contributed by atoms with van der Waals surface area (Å²) < 4.78 is 19.9. The van der Waals surface area contributed by atoms with Crippen LogP contribution >= 0.6 is 0 Å². The molecule has 2 aromatic rings. The lowest BCUT2D eigenvalue weighted by Gasteiger charge is -2.23. The van der Waals surface area contributed by atoms with Crippen molar-refractivity contribution in [2.75, 3.05) is 13.1 Å². The van der Waals surface area contributed by atoms with Crippen LogP contribution in [0.2, 0.25) is 0 Å². The van der Waals surface area contributed by atoms with Gasteiger partial charge in [0.2, 0.25) is 5.88 Å². The molecule has 3 rings (SSSR count). The van der Waals surface area contributed by atoms with Gasteiger partial charge in [-0.15, -0.1) is 0 Å². The number of non-ortho nitro benzene ring substituents is 1. The topological polar surface area (TPSA) is 77.3 Å². The van der Waals surface area contributed by atoms with E-state index in [1.54, 1.807) is 0 Å². The van der Waals surface area contributed by atoms with Crippen molar-refractivity contribution in [2.24, 2.45) is 0 Å². The van der Waals surface area contributed by atoms with Gasteiger partial charge < -0.3 is 10.1 Å². The summed E-state index contributed by atoms with van der Waals surface area (Å²) in [5, 5.41) is 14.5. The van der Waals surface area contributed by atoms with Crippen molar-refractivity contribution in [1.82, 2.24) is 10.3 Å². The summed E-state index contributed by atoms with van der Waals surface area (Å²) in [7, 11) is 0. The van der Waals surface area contributed by atoms with Gasteiger partial charge in [-0.1, -0.05) is 0 Å². The van der Waals surface area contributed by atoms with Crippen LogP contribution in [0, 0.1) is 15.9 Å². The molecule has 110 valence electrons. The third-order valence-electron chi connectivity index (χ3n) is 3.58. The lowest BCUT2D eigenvalue weighted by Crippen LogP contribution is -2.34. The van der Waals surface area contributed by atoms with Crippen LogP contribution in [0.3, 0.4) is 0 Å². The lowest BCUT2D eigenvalue weighted by atomic mass is 10.1. The van der Waals surface area contributed by atoms with Crippen molar-refractivity contribution in [3.05, 3.63) is 40.3 Å². The van der Waals surface area contributed by atoms with Crippen LogP contribution in [0.25, 0.3) is 10.8 Å². The standard InChI is InChI=1S/C14H14FN3O3/c15-11-1-2-12(18(19)20)10-5-8-17-14(13(10)11)21-9-3-6-16-7-4-9/h1-2,5,8-9,16H,3-4,6-7H2. The van der Waals surface area contributed by atoms with Crippen molar-refractivity contribution >= 4 is 16.5 Å². The van der Waals surface area contributed by atoms with Crippen LogP contribution in [0.5, 0.6) is 5.88 Å². The maximum atomic E-state index is 14.1. The number of hydrogen-bond acceptors (Lipinski definition) is 5. The van der Waals surface area contributed by atoms with E-state index in [-0.39, 0.29) is 28.4 Å². The fourth-order valence-corrected chi connectivity index (χ4v) is 2.53. The van der Waals surface area contributed by atoms with Crippen LogP contribution in [-0.2, 0) is 0 Å². The Balaban J connectivity index is 2.06. The average Bonchev–Trinajstić information content (AvgIpc) is 2.48. The molecule has 1 aromatic heterocycles. The number of benzene rings is 1. The Bertz CT molecular complexity index is 686. The average molecular weight is 291 g/mol. The number of nitro groups is 1. The molecule has 6 nitrogen and oxygen atoms in total. The minimum absolute atomic E-state index is 0.0528. The Labute approximate surface area is 120 Å². The zero-order valence-corrected chi connectivity index (χ0v) is 11.2. The van der Waals surface area contributed by atoms with Crippen molar-refractivity contribution in [3.63, 3.8) is 0 Å². The second-order valence-corrected chi connectivity index (χ2v) is 4.93. The molecule has 1 aliphatic heterocycles. The summed E-state index contributed by atoms with van der Waals surface area (Å²) in [5.74, 6) is -0.437. The molecule has 0 amide bonds. The second kappa shape index (κ2) is 5.61. The number of aromatic nitrogens is 1. The Kier molecular flexibility index (Phi) is 3.66. The van der Waals surface area contributed by atoms with Crippen LogP contribution in [-0.4, -0.2) is 29.1 Å². The molecule has 1 fully saturated rings. The molecule has 0 spiro atoms. The molecule has 7 heteroatoms. The third kappa shape index (κ3) is 2.64. The van der Waals surface area contributed by atoms with Gasteiger partial charge in [-0.3, -0.25) is 10.1 Å². The van der Waals surface area contributed by atoms with E-state index in [2.05, 4.69) is 10.3 Å². The van der Waals surface area contributed by atoms with E-state index in [0.717, 1.165) is 38.1 Å². The number of nitrogens with zero attached hydrogens (tertiary/aromatic N) is 2. The number of piperidine rings is 1. The number of rotatable bonds is 3. The number of fused-ring (bicyclic) bond motifs is 1. The van der Waals surface area contributed by atoms with E-state index in [9.17, 15) is 14.5 Å². The summed E-state index contributed by atoms with van der Waals surface area (Å²) in [6.07, 6.45) is 2.96. The van der Waals surface area contributed by atoms with Gasteiger partial charge in [0.25, 0.3) is 5.69 Å². The van der Waals surface area contributed by atoms with Gasteiger partial charge >= 0.3 is 0 Å². The number of nitro benzene ring substituents is 1. The molecule has 0 atom stereocenters. The molecule has 1 N–H and O–H groups in total. The summed E-state index contributed by atoms with van der Waals surface area (Å²) in [5.41, 5.74) is -0.149. The predicted molar refractivity (Wildman–Crippen MR) is 74.9 cm³/mol. The molecule has 0 aliphatic carbocycles. The lowest BCUT2D eigenvalue weighted by molar-refractivity contribution is -0.383. The zero-order valence-electron chi connectivity index (χ0n) is 11.2. The number of nitrogens with one attached hydrogen (secondary N) is 1. The van der Waals surface area contributed by atoms with E-state index >= 15 is 0 Å². The van der Waals surface area contributed by atoms with Crippen LogP contribution in [0.4, 0.5) is 10.1 Å². The molecule has 1 aromatic carbocycles. The number of ether oxygens (including phenoxy) is 1. The molecule has 1 aliphatic rings. The number of halogens is 1. The van der Waals surface area contributed by atoms with Crippen LogP contribution in [0.15, 0.2) is 24.4 Å². The summed E-state index contributed by atoms with van der Waals surface area (Å²) in [6.45, 7) is 1.66. The van der Waals surface area contributed by atoms with E-state index in [4.69, 9.17) is 4.74 Å². The number of hydrogen-bond donors (Lipinski definition) is 1.